The summed E-state index contributed by atoms with van der Waals surface area (Å²) in [4.78, 5) is 12.5. The van der Waals surface area contributed by atoms with Gasteiger partial charge in [0.1, 0.15) is 17.3 Å². The van der Waals surface area contributed by atoms with Crippen LogP contribution in [-0.2, 0) is 4.79 Å². The summed E-state index contributed by atoms with van der Waals surface area (Å²) in [6.45, 7) is 3.90. The number of nitrogens with zero attached hydrogens (tertiary/aromatic N) is 2. The van der Waals surface area contributed by atoms with Crippen molar-refractivity contribution in [3.63, 3.8) is 0 Å². The van der Waals surface area contributed by atoms with Gasteiger partial charge in [-0.3, -0.25) is 4.79 Å². The number of hydrogen-bond donors (Lipinski definition) is 1. The molecule has 2 aromatic carbocycles. The number of thioether (sulfide) groups is 1. The Morgan fingerprint density at radius 2 is 1.97 bits per heavy atom. The van der Waals surface area contributed by atoms with Crippen LogP contribution in [0.5, 0.6) is 11.5 Å². The maximum Gasteiger partial charge on any atom is 0.235 e. The SMILES string of the molecule is COc1ccc([C@H]2SCC(=O)Nc3c2c(C)nn3-c2ccc(C)c(Cl)c2)c(OC)c1. The molecule has 3 aromatic rings. The Morgan fingerprint density at radius 1 is 1.17 bits per heavy atom. The molecule has 0 fully saturated rings. The second-order valence-corrected chi connectivity index (χ2v) is 8.54. The minimum Gasteiger partial charge on any atom is -0.497 e. The largest absolute Gasteiger partial charge is 0.497 e. The van der Waals surface area contributed by atoms with E-state index in [0.717, 1.165) is 28.1 Å². The van der Waals surface area contributed by atoms with Gasteiger partial charge in [-0.2, -0.15) is 5.10 Å². The number of carbonyl (C=O) groups excluding carboxylic acids is 1. The van der Waals surface area contributed by atoms with E-state index in [0.29, 0.717) is 28.1 Å². The number of hydrogen-bond acceptors (Lipinski definition) is 5. The maximum absolute atomic E-state index is 12.5. The van der Waals surface area contributed by atoms with Crippen LogP contribution in [-0.4, -0.2) is 35.7 Å². The van der Waals surface area contributed by atoms with Gasteiger partial charge in [0.15, 0.2) is 0 Å². The highest BCUT2D eigenvalue weighted by atomic mass is 35.5. The third-order valence-electron chi connectivity index (χ3n) is 5.13. The second-order valence-electron chi connectivity index (χ2n) is 7.04. The number of nitrogens with one attached hydrogen (secondary N) is 1. The van der Waals surface area contributed by atoms with Crippen LogP contribution < -0.4 is 14.8 Å². The summed E-state index contributed by atoms with van der Waals surface area (Å²) in [5, 5.41) is 8.30. The molecule has 2 heterocycles. The molecule has 0 saturated heterocycles. The summed E-state index contributed by atoms with van der Waals surface area (Å²) in [5.41, 5.74) is 4.52. The summed E-state index contributed by atoms with van der Waals surface area (Å²) in [7, 11) is 3.25. The Bertz CT molecular complexity index is 1130. The molecule has 8 heteroatoms. The molecule has 0 aliphatic carbocycles. The number of carbonyl (C=O) groups is 1. The predicted molar refractivity (Wildman–Crippen MR) is 121 cm³/mol. The van der Waals surface area contributed by atoms with Crippen LogP contribution >= 0.6 is 23.4 Å². The van der Waals surface area contributed by atoms with E-state index < -0.39 is 0 Å². The maximum atomic E-state index is 12.5. The first kappa shape index (κ1) is 20.6. The first-order valence-electron chi connectivity index (χ1n) is 9.42. The Labute approximate surface area is 184 Å². The van der Waals surface area contributed by atoms with Crippen LogP contribution in [0.15, 0.2) is 36.4 Å². The van der Waals surface area contributed by atoms with E-state index in [1.54, 1.807) is 30.7 Å². The van der Waals surface area contributed by atoms with E-state index in [-0.39, 0.29) is 11.2 Å². The van der Waals surface area contributed by atoms with Crippen molar-refractivity contribution < 1.29 is 14.3 Å². The number of anilines is 1. The highest BCUT2D eigenvalue weighted by Gasteiger charge is 2.32. The van der Waals surface area contributed by atoms with Crippen molar-refractivity contribution in [1.82, 2.24) is 9.78 Å². The summed E-state index contributed by atoms with van der Waals surface area (Å²) in [6.07, 6.45) is 0. The molecular formula is C22H22ClN3O3S. The molecule has 0 bridgehead atoms. The van der Waals surface area contributed by atoms with Crippen molar-refractivity contribution in [1.29, 1.82) is 0 Å². The fourth-order valence-corrected chi connectivity index (χ4v) is 4.95. The monoisotopic (exact) mass is 443 g/mol. The molecule has 0 spiro atoms. The molecule has 6 nitrogen and oxygen atoms in total. The number of aromatic nitrogens is 2. The Hall–Kier alpha value is -2.64. The third kappa shape index (κ3) is 3.63. The topological polar surface area (TPSA) is 65.4 Å². The van der Waals surface area contributed by atoms with Gasteiger partial charge in [0, 0.05) is 22.2 Å². The van der Waals surface area contributed by atoms with Gasteiger partial charge >= 0.3 is 0 Å². The van der Waals surface area contributed by atoms with Crippen molar-refractivity contribution in [2.24, 2.45) is 0 Å². The van der Waals surface area contributed by atoms with Crippen LogP contribution in [0.4, 0.5) is 5.82 Å². The molecule has 1 aliphatic rings. The first-order chi connectivity index (χ1) is 14.4. The van der Waals surface area contributed by atoms with Gasteiger partial charge in [-0.1, -0.05) is 23.7 Å². The van der Waals surface area contributed by atoms with Crippen molar-refractivity contribution in [3.05, 3.63) is 63.8 Å². The molecule has 0 unspecified atom stereocenters. The van der Waals surface area contributed by atoms with E-state index in [1.165, 1.54) is 0 Å². The van der Waals surface area contributed by atoms with E-state index in [1.807, 2.05) is 50.2 Å². The van der Waals surface area contributed by atoms with Crippen LogP contribution in [0.3, 0.4) is 0 Å². The Kier molecular flexibility index (Phi) is 5.66. The molecule has 156 valence electrons. The minimum atomic E-state index is -0.130. The summed E-state index contributed by atoms with van der Waals surface area (Å²) in [5.74, 6) is 2.33. The number of methoxy groups -OCH3 is 2. The summed E-state index contributed by atoms with van der Waals surface area (Å²) in [6, 6.07) is 11.5. The van der Waals surface area contributed by atoms with E-state index in [2.05, 4.69) is 5.32 Å². The number of halogens is 1. The molecule has 30 heavy (non-hydrogen) atoms. The lowest BCUT2D eigenvalue weighted by molar-refractivity contribution is -0.113. The summed E-state index contributed by atoms with van der Waals surface area (Å²) < 4.78 is 12.7. The lowest BCUT2D eigenvalue weighted by Crippen LogP contribution is -2.15. The lowest BCUT2D eigenvalue weighted by Gasteiger charge is -2.19. The molecule has 1 atom stereocenters. The highest BCUT2D eigenvalue weighted by molar-refractivity contribution is 8.00. The normalized spacial score (nSPS) is 15.9. The van der Waals surface area contributed by atoms with E-state index in [9.17, 15) is 4.79 Å². The van der Waals surface area contributed by atoms with Crippen molar-refractivity contribution in [3.8, 4) is 17.2 Å². The Balaban J connectivity index is 1.90. The standard InChI is InChI=1S/C22H22ClN3O3S/c1-12-5-6-14(9-17(12)23)26-22-20(13(2)25-26)21(30-11-19(27)24-22)16-8-7-15(28-3)10-18(16)29-4/h5-10,21H,11H2,1-4H3,(H,24,27)/t21-/m1/s1. The average Bonchev–Trinajstić information content (AvgIpc) is 2.95. The fraction of sp³-hybridized carbons (Fsp3) is 0.273. The van der Waals surface area contributed by atoms with Crippen LogP contribution in [0.25, 0.3) is 5.69 Å². The van der Waals surface area contributed by atoms with Gasteiger partial charge in [-0.25, -0.2) is 4.68 Å². The zero-order valence-electron chi connectivity index (χ0n) is 17.2. The van der Waals surface area contributed by atoms with Crippen LogP contribution in [0.2, 0.25) is 5.02 Å². The van der Waals surface area contributed by atoms with Crippen LogP contribution in [0, 0.1) is 13.8 Å². The second kappa shape index (κ2) is 8.24. The van der Waals surface area contributed by atoms with Gasteiger partial charge in [-0.05, 0) is 37.6 Å². The van der Waals surface area contributed by atoms with Gasteiger partial charge in [0.05, 0.1) is 36.6 Å². The number of amides is 1. The van der Waals surface area contributed by atoms with Gasteiger partial charge in [0.2, 0.25) is 5.91 Å². The molecule has 1 aliphatic heterocycles. The molecule has 1 aromatic heterocycles. The van der Waals surface area contributed by atoms with Gasteiger partial charge < -0.3 is 14.8 Å². The molecule has 0 radical (unpaired) electrons. The first-order valence-corrected chi connectivity index (χ1v) is 10.8. The zero-order valence-corrected chi connectivity index (χ0v) is 18.7. The van der Waals surface area contributed by atoms with Crippen molar-refractivity contribution in [2.45, 2.75) is 19.1 Å². The average molecular weight is 444 g/mol. The van der Waals surface area contributed by atoms with Crippen LogP contribution in [0.1, 0.15) is 27.6 Å². The molecule has 1 amide bonds. The summed E-state index contributed by atoms with van der Waals surface area (Å²) >= 11 is 7.89. The molecule has 0 saturated carbocycles. The smallest absolute Gasteiger partial charge is 0.235 e. The van der Waals surface area contributed by atoms with Crippen molar-refractivity contribution >= 4 is 35.1 Å². The number of fused-ring (bicyclic) bond motifs is 1. The van der Waals surface area contributed by atoms with E-state index >= 15 is 0 Å². The van der Waals surface area contributed by atoms with Gasteiger partial charge in [-0.15, -0.1) is 11.8 Å². The third-order valence-corrected chi connectivity index (χ3v) is 6.79. The number of rotatable bonds is 4. The zero-order chi connectivity index (χ0) is 21.4. The fourth-order valence-electron chi connectivity index (χ4n) is 3.56. The highest BCUT2D eigenvalue weighted by Crippen LogP contribution is 2.47. The lowest BCUT2D eigenvalue weighted by atomic mass is 10.0. The molecular weight excluding hydrogens is 422 g/mol. The minimum absolute atomic E-state index is 0.0735. The predicted octanol–water partition coefficient (Wildman–Crippen LogP) is 4.93. The van der Waals surface area contributed by atoms with Gasteiger partial charge in [0.25, 0.3) is 0 Å². The molecule has 1 N–H and O–H groups in total. The number of aryl methyl sites for hydroxylation is 2. The Morgan fingerprint density at radius 3 is 2.67 bits per heavy atom. The van der Waals surface area contributed by atoms with E-state index in [4.69, 9.17) is 26.2 Å². The number of ether oxygens (including phenoxy) is 2. The molecule has 4 rings (SSSR count). The quantitative estimate of drug-likeness (QED) is 0.619. The van der Waals surface area contributed by atoms with Crippen molar-refractivity contribution in [2.75, 3.05) is 25.3 Å². The number of benzene rings is 2.